The molecule has 4 rings (SSSR count). The number of anilines is 1. The average molecular weight is 492 g/mol. The summed E-state index contributed by atoms with van der Waals surface area (Å²) >= 11 is 12.0. The first kappa shape index (κ1) is 23.3. The molecule has 0 saturated heterocycles. The summed E-state index contributed by atoms with van der Waals surface area (Å²) in [5.41, 5.74) is 2.66. The van der Waals surface area contributed by atoms with Gasteiger partial charge in [0.2, 0.25) is 0 Å². The fourth-order valence-electron chi connectivity index (χ4n) is 3.79. The lowest BCUT2D eigenvalue weighted by atomic mass is 10.1. The predicted molar refractivity (Wildman–Crippen MR) is 134 cm³/mol. The lowest BCUT2D eigenvalue weighted by Gasteiger charge is -2.16. The van der Waals surface area contributed by atoms with E-state index in [1.54, 1.807) is 48.0 Å². The lowest BCUT2D eigenvalue weighted by molar-refractivity contribution is -0.112. The molecule has 4 aromatic rings. The molecule has 2 heterocycles. The van der Waals surface area contributed by atoms with Gasteiger partial charge in [0.1, 0.15) is 17.5 Å². The highest BCUT2D eigenvalue weighted by Crippen LogP contribution is 2.26. The molecule has 34 heavy (non-hydrogen) atoms. The fourth-order valence-corrected chi connectivity index (χ4v) is 4.24. The number of amides is 1. The van der Waals surface area contributed by atoms with Gasteiger partial charge < -0.3 is 5.32 Å². The topological polar surface area (TPSA) is 92.7 Å². The van der Waals surface area contributed by atoms with Crippen molar-refractivity contribution in [2.45, 2.75) is 20.8 Å². The van der Waals surface area contributed by atoms with Crippen LogP contribution < -0.4 is 10.9 Å². The van der Waals surface area contributed by atoms with Gasteiger partial charge >= 0.3 is 0 Å². The first-order chi connectivity index (χ1) is 16.2. The molecule has 1 N–H and O–H groups in total. The zero-order valence-electron chi connectivity index (χ0n) is 18.6. The molecule has 0 saturated carbocycles. The van der Waals surface area contributed by atoms with Crippen molar-refractivity contribution < 1.29 is 4.79 Å². The van der Waals surface area contributed by atoms with E-state index in [2.05, 4.69) is 10.3 Å². The minimum absolute atomic E-state index is 0.119. The van der Waals surface area contributed by atoms with Crippen molar-refractivity contribution in [1.82, 2.24) is 14.3 Å². The van der Waals surface area contributed by atoms with Crippen LogP contribution in [0.5, 0.6) is 0 Å². The number of hydrogen-bond acceptors (Lipinski definition) is 4. The largest absolute Gasteiger partial charge is 0.320 e. The number of hydrogen-bond donors (Lipinski definition) is 1. The monoisotopic (exact) mass is 491 g/mol. The van der Waals surface area contributed by atoms with E-state index in [-0.39, 0.29) is 16.2 Å². The highest BCUT2D eigenvalue weighted by Gasteiger charge is 2.17. The Balaban J connectivity index is 1.76. The first-order valence-electron chi connectivity index (χ1n) is 10.3. The number of aromatic nitrogens is 3. The van der Waals surface area contributed by atoms with Gasteiger partial charge in [-0.05, 0) is 68.8 Å². The molecule has 7 nitrogen and oxygen atoms in total. The van der Waals surface area contributed by atoms with E-state index >= 15 is 0 Å². The Hall–Kier alpha value is -3.86. The second-order valence-electron chi connectivity index (χ2n) is 7.68. The number of nitrogens with zero attached hydrogens (tertiary/aromatic N) is 4. The summed E-state index contributed by atoms with van der Waals surface area (Å²) < 4.78 is 3.22. The van der Waals surface area contributed by atoms with Gasteiger partial charge in [-0.1, -0.05) is 35.3 Å². The van der Waals surface area contributed by atoms with Crippen LogP contribution in [0.3, 0.4) is 0 Å². The highest BCUT2D eigenvalue weighted by molar-refractivity contribution is 6.36. The van der Waals surface area contributed by atoms with Crippen molar-refractivity contribution in [2.75, 3.05) is 5.32 Å². The SMILES string of the molecule is Cc1cc(C=C(C#N)C(=O)Nc2ccc(Cl)cc2Cl)c(C)n1-n1c(C)nc2ccccc2c1=O. The minimum atomic E-state index is -0.614. The fraction of sp³-hybridized carbons (Fsp3) is 0.120. The number of fused-ring (bicyclic) bond motifs is 1. The van der Waals surface area contributed by atoms with Gasteiger partial charge in [-0.3, -0.25) is 14.3 Å². The summed E-state index contributed by atoms with van der Waals surface area (Å²) in [6, 6.07) is 15.5. The molecule has 170 valence electrons. The number of benzene rings is 2. The van der Waals surface area contributed by atoms with E-state index in [9.17, 15) is 14.9 Å². The van der Waals surface area contributed by atoms with Gasteiger partial charge in [-0.25, -0.2) is 4.98 Å². The molecule has 1 amide bonds. The Morgan fingerprint density at radius 2 is 1.82 bits per heavy atom. The van der Waals surface area contributed by atoms with Crippen LogP contribution in [0.1, 0.15) is 22.8 Å². The quantitative estimate of drug-likeness (QED) is 0.310. The van der Waals surface area contributed by atoms with Crippen LogP contribution in [-0.4, -0.2) is 20.2 Å². The molecule has 0 fully saturated rings. The van der Waals surface area contributed by atoms with Crippen molar-refractivity contribution in [3.05, 3.63) is 97.3 Å². The smallest absolute Gasteiger partial charge is 0.280 e. The Morgan fingerprint density at radius 3 is 2.53 bits per heavy atom. The van der Waals surface area contributed by atoms with Crippen molar-refractivity contribution >= 4 is 51.8 Å². The zero-order chi connectivity index (χ0) is 24.6. The van der Waals surface area contributed by atoms with Gasteiger partial charge in [0.15, 0.2) is 0 Å². The van der Waals surface area contributed by atoms with Gasteiger partial charge in [-0.15, -0.1) is 0 Å². The van der Waals surface area contributed by atoms with Crippen molar-refractivity contribution in [2.24, 2.45) is 0 Å². The van der Waals surface area contributed by atoms with Crippen molar-refractivity contribution in [3.63, 3.8) is 0 Å². The summed E-state index contributed by atoms with van der Waals surface area (Å²) in [7, 11) is 0. The third kappa shape index (κ3) is 4.21. The predicted octanol–water partition coefficient (Wildman–Crippen LogP) is 5.29. The number of halogens is 2. The Bertz CT molecular complexity index is 1590. The molecule has 0 aliphatic carbocycles. The van der Waals surface area contributed by atoms with Crippen molar-refractivity contribution in [3.8, 4) is 6.07 Å². The maximum absolute atomic E-state index is 13.3. The summed E-state index contributed by atoms with van der Waals surface area (Å²) in [4.78, 5) is 30.6. The van der Waals surface area contributed by atoms with Crippen LogP contribution in [-0.2, 0) is 4.79 Å². The maximum Gasteiger partial charge on any atom is 0.280 e. The Kier molecular flexibility index (Phi) is 6.29. The number of para-hydroxylation sites is 1. The molecule has 0 atom stereocenters. The summed E-state index contributed by atoms with van der Waals surface area (Å²) in [5, 5.41) is 13.4. The molecule has 0 radical (unpaired) electrons. The van der Waals surface area contributed by atoms with E-state index in [1.807, 2.05) is 26.0 Å². The second kappa shape index (κ2) is 9.18. The standard InChI is InChI=1S/C25H19Cl2N5O2/c1-14-10-17(11-18(13-28)24(33)30-23-9-8-19(26)12-21(23)27)15(2)31(14)32-16(3)29-22-7-5-4-6-20(22)25(32)34/h4-12H,1-3H3,(H,30,33). The number of rotatable bonds is 4. The van der Waals surface area contributed by atoms with Gasteiger partial charge in [0.05, 0.1) is 21.6 Å². The number of nitriles is 1. The van der Waals surface area contributed by atoms with Gasteiger partial charge in [0, 0.05) is 16.4 Å². The van der Waals surface area contributed by atoms with E-state index < -0.39 is 5.91 Å². The molecular weight excluding hydrogens is 473 g/mol. The maximum atomic E-state index is 13.3. The molecule has 0 spiro atoms. The average Bonchev–Trinajstić information content (AvgIpc) is 3.07. The third-order valence-corrected chi connectivity index (χ3v) is 5.94. The number of aryl methyl sites for hydroxylation is 2. The molecule has 2 aromatic heterocycles. The molecule has 0 aliphatic heterocycles. The first-order valence-corrected chi connectivity index (χ1v) is 11.0. The highest BCUT2D eigenvalue weighted by atomic mass is 35.5. The molecule has 0 aliphatic rings. The molecule has 0 bridgehead atoms. The van der Waals surface area contributed by atoms with Gasteiger partial charge in [-0.2, -0.15) is 9.94 Å². The Labute approximate surface area is 205 Å². The second-order valence-corrected chi connectivity index (χ2v) is 8.52. The Morgan fingerprint density at radius 1 is 1.09 bits per heavy atom. The zero-order valence-corrected chi connectivity index (χ0v) is 20.1. The van der Waals surface area contributed by atoms with Crippen molar-refractivity contribution in [1.29, 1.82) is 5.26 Å². The van der Waals surface area contributed by atoms with E-state index in [0.717, 1.165) is 5.69 Å². The molecule has 0 unspecified atom stereocenters. The molecular formula is C25H19Cl2N5O2. The lowest BCUT2D eigenvalue weighted by Crippen LogP contribution is -2.30. The molecule has 9 heteroatoms. The van der Waals surface area contributed by atoms with E-state index in [0.29, 0.717) is 38.7 Å². The van der Waals surface area contributed by atoms with Crippen LogP contribution in [0.2, 0.25) is 10.0 Å². The van der Waals surface area contributed by atoms with Crippen LogP contribution in [0.4, 0.5) is 5.69 Å². The summed E-state index contributed by atoms with van der Waals surface area (Å²) in [5.74, 6) is -0.103. The summed E-state index contributed by atoms with van der Waals surface area (Å²) in [6.07, 6.45) is 1.48. The minimum Gasteiger partial charge on any atom is -0.320 e. The normalized spacial score (nSPS) is 11.5. The third-order valence-electron chi connectivity index (χ3n) is 5.39. The number of nitrogens with one attached hydrogen (secondary N) is 1. The number of carbonyl (C=O) groups excluding carboxylic acids is 1. The van der Waals surface area contributed by atoms with E-state index in [4.69, 9.17) is 23.2 Å². The van der Waals surface area contributed by atoms with Crippen LogP contribution in [0, 0.1) is 32.1 Å². The number of carbonyl (C=O) groups is 1. The van der Waals surface area contributed by atoms with Crippen LogP contribution in [0.15, 0.2) is 58.9 Å². The van der Waals surface area contributed by atoms with Crippen LogP contribution >= 0.6 is 23.2 Å². The summed E-state index contributed by atoms with van der Waals surface area (Å²) in [6.45, 7) is 5.40. The van der Waals surface area contributed by atoms with Gasteiger partial charge in [0.25, 0.3) is 11.5 Å². The van der Waals surface area contributed by atoms with Crippen LogP contribution in [0.25, 0.3) is 17.0 Å². The van der Waals surface area contributed by atoms with E-state index in [1.165, 1.54) is 16.8 Å². The molecule has 2 aromatic carbocycles.